The molecule has 0 aromatic carbocycles. The van der Waals surface area contributed by atoms with Gasteiger partial charge in [0.1, 0.15) is 5.69 Å². The van der Waals surface area contributed by atoms with Crippen molar-refractivity contribution in [1.29, 1.82) is 0 Å². The first-order valence-corrected chi connectivity index (χ1v) is 5.08. The van der Waals surface area contributed by atoms with Gasteiger partial charge in [0.25, 0.3) is 0 Å². The summed E-state index contributed by atoms with van der Waals surface area (Å²) in [6, 6.07) is 1.96. The van der Waals surface area contributed by atoms with Gasteiger partial charge in [-0.3, -0.25) is 0 Å². The van der Waals surface area contributed by atoms with Crippen molar-refractivity contribution in [3.05, 3.63) is 23.5 Å². The lowest BCUT2D eigenvalue weighted by Crippen LogP contribution is -2.08. The van der Waals surface area contributed by atoms with E-state index in [1.54, 1.807) is 11.6 Å². The second-order valence-corrected chi connectivity index (χ2v) is 4.02. The lowest BCUT2D eigenvalue weighted by atomic mass is 9.98. The van der Waals surface area contributed by atoms with E-state index >= 15 is 0 Å². The molecule has 1 aromatic rings. The molecule has 1 aliphatic rings. The van der Waals surface area contributed by atoms with E-state index in [0.29, 0.717) is 11.6 Å². The zero-order chi connectivity index (χ0) is 10.1. The minimum Gasteiger partial charge on any atom is -0.477 e. The molecule has 0 aliphatic heterocycles. The summed E-state index contributed by atoms with van der Waals surface area (Å²) >= 11 is 0. The predicted molar refractivity (Wildman–Crippen MR) is 53.6 cm³/mol. The van der Waals surface area contributed by atoms with Crippen LogP contribution in [0.2, 0.25) is 0 Å². The zero-order valence-electron chi connectivity index (χ0n) is 8.36. The maximum atomic E-state index is 11.0. The van der Waals surface area contributed by atoms with Crippen LogP contribution in [0, 0.1) is 0 Å². The molecule has 0 atom stereocenters. The van der Waals surface area contributed by atoms with Gasteiger partial charge in [-0.05, 0) is 30.4 Å². The minimum absolute atomic E-state index is 0.469. The molecule has 0 bridgehead atoms. The fraction of sp³-hybridized carbons (Fsp3) is 0.545. The quantitative estimate of drug-likeness (QED) is 0.783. The molecule has 1 N–H and O–H groups in total. The number of nitrogens with zero attached hydrogens (tertiary/aromatic N) is 1. The van der Waals surface area contributed by atoms with Crippen LogP contribution in [0.15, 0.2) is 12.3 Å². The van der Waals surface area contributed by atoms with Crippen LogP contribution >= 0.6 is 0 Å². The molecule has 2 rings (SSSR count). The molecule has 3 heteroatoms. The van der Waals surface area contributed by atoms with Crippen LogP contribution in [-0.2, 0) is 7.05 Å². The number of aromatic carboxylic acids is 1. The molecule has 0 saturated heterocycles. The molecule has 0 radical (unpaired) electrons. The average molecular weight is 193 g/mol. The van der Waals surface area contributed by atoms with Crippen molar-refractivity contribution in [2.24, 2.45) is 7.05 Å². The number of hydrogen-bond acceptors (Lipinski definition) is 1. The summed E-state index contributed by atoms with van der Waals surface area (Å²) in [6.45, 7) is 0. The molecule has 0 amide bonds. The first-order valence-electron chi connectivity index (χ1n) is 5.08. The van der Waals surface area contributed by atoms with E-state index < -0.39 is 5.97 Å². The normalized spacial score (nSPS) is 17.5. The SMILES string of the molecule is Cn1ccc(C2CCCC2)c1C(=O)O. The molecule has 76 valence electrons. The smallest absolute Gasteiger partial charge is 0.352 e. The average Bonchev–Trinajstić information content (AvgIpc) is 2.70. The van der Waals surface area contributed by atoms with Crippen molar-refractivity contribution in [1.82, 2.24) is 4.57 Å². The predicted octanol–water partition coefficient (Wildman–Crippen LogP) is 2.38. The number of carbonyl (C=O) groups is 1. The lowest BCUT2D eigenvalue weighted by Gasteiger charge is -2.09. The Bertz CT molecular complexity index is 348. The third kappa shape index (κ3) is 1.43. The number of aryl methyl sites for hydroxylation is 1. The monoisotopic (exact) mass is 193 g/mol. The summed E-state index contributed by atoms with van der Waals surface area (Å²) in [4.78, 5) is 11.0. The van der Waals surface area contributed by atoms with Gasteiger partial charge in [0, 0.05) is 13.2 Å². The van der Waals surface area contributed by atoms with E-state index in [9.17, 15) is 4.79 Å². The van der Waals surface area contributed by atoms with Gasteiger partial charge < -0.3 is 9.67 Å². The first-order chi connectivity index (χ1) is 6.70. The summed E-state index contributed by atoms with van der Waals surface area (Å²) in [7, 11) is 1.79. The summed E-state index contributed by atoms with van der Waals surface area (Å²) in [5, 5.41) is 9.07. The van der Waals surface area contributed by atoms with E-state index in [4.69, 9.17) is 5.11 Å². The van der Waals surface area contributed by atoms with Crippen molar-refractivity contribution in [3.8, 4) is 0 Å². The van der Waals surface area contributed by atoms with Crippen LogP contribution < -0.4 is 0 Å². The highest BCUT2D eigenvalue weighted by molar-refractivity contribution is 5.88. The van der Waals surface area contributed by atoms with Crippen LogP contribution in [0.3, 0.4) is 0 Å². The Hall–Kier alpha value is -1.25. The number of rotatable bonds is 2. The standard InChI is InChI=1S/C11H15NO2/c1-12-7-6-9(10(12)11(13)14)8-4-2-3-5-8/h6-8H,2-5H2,1H3,(H,13,14). The van der Waals surface area contributed by atoms with Gasteiger partial charge in [-0.15, -0.1) is 0 Å². The largest absolute Gasteiger partial charge is 0.477 e. The van der Waals surface area contributed by atoms with Gasteiger partial charge in [-0.1, -0.05) is 12.8 Å². The second kappa shape index (κ2) is 3.48. The van der Waals surface area contributed by atoms with Gasteiger partial charge in [0.05, 0.1) is 0 Å². The van der Waals surface area contributed by atoms with Crippen molar-refractivity contribution >= 4 is 5.97 Å². The maximum Gasteiger partial charge on any atom is 0.352 e. The Kier molecular flexibility index (Phi) is 2.32. The third-order valence-corrected chi connectivity index (χ3v) is 3.10. The van der Waals surface area contributed by atoms with Crippen LogP contribution in [0.4, 0.5) is 0 Å². The second-order valence-electron chi connectivity index (χ2n) is 4.02. The van der Waals surface area contributed by atoms with Crippen LogP contribution in [-0.4, -0.2) is 15.6 Å². The minimum atomic E-state index is -0.806. The van der Waals surface area contributed by atoms with Crippen LogP contribution in [0.5, 0.6) is 0 Å². The Balaban J connectivity index is 2.37. The van der Waals surface area contributed by atoms with E-state index in [1.807, 2.05) is 12.3 Å². The zero-order valence-corrected chi connectivity index (χ0v) is 8.36. The molecular formula is C11H15NO2. The van der Waals surface area contributed by atoms with Crippen molar-refractivity contribution in [3.63, 3.8) is 0 Å². The summed E-state index contributed by atoms with van der Waals surface area (Å²) in [6.07, 6.45) is 6.60. The highest BCUT2D eigenvalue weighted by Gasteiger charge is 2.24. The van der Waals surface area contributed by atoms with E-state index in [0.717, 1.165) is 18.4 Å². The Morgan fingerprint density at radius 2 is 2.14 bits per heavy atom. The van der Waals surface area contributed by atoms with Crippen LogP contribution in [0.1, 0.15) is 47.7 Å². The van der Waals surface area contributed by atoms with Crippen molar-refractivity contribution in [2.45, 2.75) is 31.6 Å². The molecule has 1 aromatic heterocycles. The molecule has 0 unspecified atom stereocenters. The van der Waals surface area contributed by atoms with E-state index in [1.165, 1.54) is 12.8 Å². The van der Waals surface area contributed by atoms with Crippen molar-refractivity contribution < 1.29 is 9.90 Å². The van der Waals surface area contributed by atoms with Gasteiger partial charge in [-0.25, -0.2) is 4.79 Å². The Labute approximate surface area is 83.4 Å². The highest BCUT2D eigenvalue weighted by Crippen LogP contribution is 2.35. The lowest BCUT2D eigenvalue weighted by molar-refractivity contribution is 0.0684. The van der Waals surface area contributed by atoms with E-state index in [2.05, 4.69) is 0 Å². The van der Waals surface area contributed by atoms with Crippen molar-refractivity contribution in [2.75, 3.05) is 0 Å². The number of hydrogen-bond donors (Lipinski definition) is 1. The maximum absolute atomic E-state index is 11.0. The summed E-state index contributed by atoms with van der Waals surface area (Å²) in [5.41, 5.74) is 1.49. The third-order valence-electron chi connectivity index (χ3n) is 3.10. The van der Waals surface area contributed by atoms with Gasteiger partial charge in [0.15, 0.2) is 0 Å². The summed E-state index contributed by atoms with van der Waals surface area (Å²) < 4.78 is 1.70. The van der Waals surface area contributed by atoms with Gasteiger partial charge in [0.2, 0.25) is 0 Å². The van der Waals surface area contributed by atoms with Crippen LogP contribution in [0.25, 0.3) is 0 Å². The fourth-order valence-electron chi connectivity index (χ4n) is 2.39. The highest BCUT2D eigenvalue weighted by atomic mass is 16.4. The topological polar surface area (TPSA) is 42.2 Å². The molecule has 1 heterocycles. The Morgan fingerprint density at radius 3 is 2.71 bits per heavy atom. The number of aromatic nitrogens is 1. The number of carboxylic acid groups (broad SMARTS) is 1. The number of carboxylic acids is 1. The molecule has 14 heavy (non-hydrogen) atoms. The summed E-state index contributed by atoms with van der Waals surface area (Å²) in [5.74, 6) is -0.332. The molecule has 1 saturated carbocycles. The van der Waals surface area contributed by atoms with Gasteiger partial charge in [-0.2, -0.15) is 0 Å². The molecule has 1 fully saturated rings. The molecular weight excluding hydrogens is 178 g/mol. The molecule has 1 aliphatic carbocycles. The van der Waals surface area contributed by atoms with E-state index in [-0.39, 0.29) is 0 Å². The van der Waals surface area contributed by atoms with Gasteiger partial charge >= 0.3 is 5.97 Å². The molecule has 3 nitrogen and oxygen atoms in total. The first kappa shape index (κ1) is 9.31. The fourth-order valence-corrected chi connectivity index (χ4v) is 2.39. The Morgan fingerprint density at radius 1 is 1.50 bits per heavy atom. The molecule has 0 spiro atoms.